The summed E-state index contributed by atoms with van der Waals surface area (Å²) < 4.78 is 88.8. The highest BCUT2D eigenvalue weighted by Crippen LogP contribution is 2.39. The van der Waals surface area contributed by atoms with Crippen molar-refractivity contribution in [1.82, 2.24) is 0 Å². The Morgan fingerprint density at radius 2 is 0.915 bits per heavy atom. The first kappa shape index (κ1) is 19.4. The number of nitrogens with zero attached hydrogens (tertiary/aromatic N) is 1. The van der Waals surface area contributed by atoms with Crippen molar-refractivity contribution in [3.8, 4) is 44.7 Å². The maximum absolute atomic E-state index is 8.48. The molecule has 0 aliphatic carbocycles. The van der Waals surface area contributed by atoms with Crippen molar-refractivity contribution >= 4 is 28.0 Å². The number of furan rings is 1. The van der Waals surface area contributed by atoms with Gasteiger partial charge in [0.1, 0.15) is 11.3 Å². The van der Waals surface area contributed by atoms with Crippen LogP contribution < -0.4 is 4.90 Å². The van der Waals surface area contributed by atoms with E-state index < -0.39 is 36.3 Å². The first-order valence-electron chi connectivity index (χ1n) is 20.2. The van der Waals surface area contributed by atoms with Crippen LogP contribution in [0.2, 0.25) is 0 Å². The maximum Gasteiger partial charge on any atom is 0.138 e. The molecule has 0 radical (unpaired) electrons. The quantitative estimate of drug-likeness (QED) is 0.178. The van der Waals surface area contributed by atoms with Crippen molar-refractivity contribution in [3.63, 3.8) is 0 Å². The minimum absolute atomic E-state index is 0.103. The molecule has 0 spiro atoms. The average Bonchev–Trinajstić information content (AvgIpc) is 3.58. The summed E-state index contributed by atoms with van der Waals surface area (Å²) in [5.74, 6) is 0.819. The molecule has 0 atom stereocenters. The van der Waals surface area contributed by atoms with Crippen molar-refractivity contribution in [2.75, 3.05) is 4.90 Å². The number of hydrogen-bond acceptors (Lipinski definition) is 2. The Kier molecular flexibility index (Phi) is 5.10. The first-order valence-corrected chi connectivity index (χ1v) is 15.2. The molecule has 8 rings (SSSR count). The van der Waals surface area contributed by atoms with Gasteiger partial charge in [-0.15, -0.1) is 0 Å². The van der Waals surface area contributed by atoms with Crippen LogP contribution in [0.15, 0.2) is 186 Å². The summed E-state index contributed by atoms with van der Waals surface area (Å²) in [7, 11) is 0. The smallest absolute Gasteiger partial charge is 0.138 e. The lowest BCUT2D eigenvalue weighted by atomic mass is 9.99. The van der Waals surface area contributed by atoms with Crippen LogP contribution in [0, 0.1) is 6.92 Å². The van der Waals surface area contributed by atoms with Gasteiger partial charge in [-0.3, -0.25) is 0 Å². The molecule has 0 amide bonds. The molecule has 224 valence electrons. The van der Waals surface area contributed by atoms with Gasteiger partial charge in [0.05, 0.1) is 13.7 Å². The summed E-state index contributed by atoms with van der Waals surface area (Å²) in [5, 5.41) is 1.07. The van der Waals surface area contributed by atoms with E-state index in [1.165, 1.54) is 0 Å². The monoisotopic (exact) mass is 613 g/mol. The summed E-state index contributed by atoms with van der Waals surface area (Å²) in [6.07, 6.45) is 0. The second-order valence-corrected chi connectivity index (χ2v) is 11.1. The van der Waals surface area contributed by atoms with Crippen LogP contribution in [0.25, 0.3) is 55.7 Å². The van der Waals surface area contributed by atoms with Crippen LogP contribution in [-0.4, -0.2) is 0 Å². The van der Waals surface area contributed by atoms with Crippen molar-refractivity contribution in [3.05, 3.63) is 187 Å². The standard InChI is InChI=1S/C45H33NO/c1-32-43-17-8-9-18-44(43)47-45(32)39-16-10-15-38(31-39)37-23-29-42(30-24-37)46(40-25-19-35(20-26-40)33-11-4-2-5-12-33)41-27-21-36(22-28-41)34-13-6-3-7-14-34/h2-31H,1H3/i2D,3D,4D,5D,6D,7D,11D,12D,13D,14D. The molecule has 0 N–H and O–H groups in total. The van der Waals surface area contributed by atoms with Crippen molar-refractivity contribution in [2.45, 2.75) is 6.92 Å². The van der Waals surface area contributed by atoms with Crippen LogP contribution in [0.1, 0.15) is 19.3 Å². The minimum Gasteiger partial charge on any atom is -0.456 e. The molecule has 0 unspecified atom stereocenters. The molecule has 8 aromatic rings. The van der Waals surface area contributed by atoms with Gasteiger partial charge in [-0.1, -0.05) is 133 Å². The second kappa shape index (κ2) is 12.3. The summed E-state index contributed by atoms with van der Waals surface area (Å²) in [6, 6.07) is 34.6. The van der Waals surface area contributed by atoms with Gasteiger partial charge < -0.3 is 9.32 Å². The molecule has 1 heterocycles. The Balaban J connectivity index is 1.20. The average molecular weight is 614 g/mol. The largest absolute Gasteiger partial charge is 0.456 e. The Morgan fingerprint density at radius 3 is 1.43 bits per heavy atom. The second-order valence-electron chi connectivity index (χ2n) is 11.1. The molecule has 0 bridgehead atoms. The van der Waals surface area contributed by atoms with Crippen LogP contribution in [0.3, 0.4) is 0 Å². The summed E-state index contributed by atoms with van der Waals surface area (Å²) in [4.78, 5) is 1.98. The lowest BCUT2D eigenvalue weighted by Crippen LogP contribution is -2.09. The molecular weight excluding hydrogens is 571 g/mol. The summed E-state index contributed by atoms with van der Waals surface area (Å²) >= 11 is 0. The van der Waals surface area contributed by atoms with E-state index in [-0.39, 0.29) is 35.3 Å². The lowest BCUT2D eigenvalue weighted by molar-refractivity contribution is 0.629. The summed E-state index contributed by atoms with van der Waals surface area (Å²) in [5.41, 5.74) is 8.17. The normalized spacial score (nSPS) is 14.1. The van der Waals surface area contributed by atoms with Crippen LogP contribution in [-0.2, 0) is 0 Å². The van der Waals surface area contributed by atoms with Gasteiger partial charge in [0.2, 0.25) is 0 Å². The van der Waals surface area contributed by atoms with Crippen molar-refractivity contribution < 1.29 is 18.1 Å². The number of para-hydroxylation sites is 1. The zero-order valence-electron chi connectivity index (χ0n) is 35.4. The maximum atomic E-state index is 8.48. The van der Waals surface area contributed by atoms with Gasteiger partial charge in [-0.2, -0.15) is 0 Å². The van der Waals surface area contributed by atoms with Crippen molar-refractivity contribution in [2.24, 2.45) is 0 Å². The fourth-order valence-corrected chi connectivity index (χ4v) is 5.88. The zero-order valence-corrected chi connectivity index (χ0v) is 25.4. The van der Waals surface area contributed by atoms with Crippen LogP contribution >= 0.6 is 0 Å². The molecule has 0 saturated carbocycles. The Morgan fingerprint density at radius 1 is 0.447 bits per heavy atom. The van der Waals surface area contributed by atoms with Crippen molar-refractivity contribution in [1.29, 1.82) is 0 Å². The van der Waals surface area contributed by atoms with E-state index in [2.05, 4.69) is 19.1 Å². The highest BCUT2D eigenvalue weighted by atomic mass is 16.3. The predicted molar refractivity (Wildman–Crippen MR) is 197 cm³/mol. The van der Waals surface area contributed by atoms with E-state index in [9.17, 15) is 0 Å². The van der Waals surface area contributed by atoms with E-state index in [1.807, 2.05) is 89.8 Å². The van der Waals surface area contributed by atoms with E-state index in [0.717, 1.165) is 44.7 Å². The van der Waals surface area contributed by atoms with E-state index in [0.29, 0.717) is 22.5 Å². The molecule has 0 aliphatic rings. The summed E-state index contributed by atoms with van der Waals surface area (Å²) in [6.45, 7) is 2.06. The molecule has 47 heavy (non-hydrogen) atoms. The Bertz CT molecular complexity index is 2680. The number of benzene rings is 7. The topological polar surface area (TPSA) is 16.4 Å². The van der Waals surface area contributed by atoms with E-state index >= 15 is 0 Å². The zero-order chi connectivity index (χ0) is 40.3. The molecular formula is C45H33NO. The van der Waals surface area contributed by atoms with Gasteiger partial charge in [0.15, 0.2) is 0 Å². The molecule has 7 aromatic carbocycles. The van der Waals surface area contributed by atoms with Gasteiger partial charge in [0.25, 0.3) is 0 Å². The SMILES string of the molecule is [2H]c1c([2H])c([2H])c(-c2ccc(N(c3ccc(-c4cccc(-c5oc6ccccc6c5C)c4)cc3)c3ccc(-c4c([2H])c([2H])c([2H])c([2H])c4[2H])cc3)cc2)c([2H])c1[2H]. The van der Waals surface area contributed by atoms with Crippen LogP contribution in [0.4, 0.5) is 17.1 Å². The molecule has 0 saturated heterocycles. The third-order valence-electron chi connectivity index (χ3n) is 8.26. The van der Waals surface area contributed by atoms with Gasteiger partial charge in [-0.05, 0) is 88.8 Å². The highest BCUT2D eigenvalue weighted by molar-refractivity contribution is 5.88. The lowest BCUT2D eigenvalue weighted by Gasteiger charge is -2.26. The molecule has 2 nitrogen and oxygen atoms in total. The van der Waals surface area contributed by atoms with Gasteiger partial charge in [-0.25, -0.2) is 0 Å². The van der Waals surface area contributed by atoms with E-state index in [4.69, 9.17) is 18.1 Å². The number of anilines is 3. The van der Waals surface area contributed by atoms with E-state index in [1.54, 1.807) is 24.3 Å². The molecule has 2 heteroatoms. The third kappa shape index (κ3) is 5.62. The fraction of sp³-hybridized carbons (Fsp3) is 0.0222. The third-order valence-corrected chi connectivity index (χ3v) is 8.26. The number of hydrogen-bond donors (Lipinski definition) is 0. The van der Waals surface area contributed by atoms with Gasteiger partial charge >= 0.3 is 0 Å². The number of fused-ring (bicyclic) bond motifs is 1. The Hall–Kier alpha value is -6.12. The predicted octanol–water partition coefficient (Wildman–Crippen LogP) is 12.9. The fourth-order valence-electron chi connectivity index (χ4n) is 5.88. The highest BCUT2D eigenvalue weighted by Gasteiger charge is 2.15. The molecule has 0 aliphatic heterocycles. The van der Waals surface area contributed by atoms with Gasteiger partial charge in [0, 0.05) is 33.6 Å². The minimum atomic E-state index is -0.455. The Labute approximate surface area is 289 Å². The number of aryl methyl sites for hydroxylation is 1. The molecule has 0 fully saturated rings. The number of rotatable bonds is 7. The molecule has 1 aromatic heterocycles. The van der Waals surface area contributed by atoms with Crippen LogP contribution in [0.5, 0.6) is 0 Å². The first-order chi connectivity index (χ1) is 27.3.